The summed E-state index contributed by atoms with van der Waals surface area (Å²) in [5.41, 5.74) is 3.69. The minimum Gasteiger partial charge on any atom is -0.508 e. The second-order valence-corrected chi connectivity index (χ2v) is 7.40. The SMILES string of the molecule is Cc1cc(O)ccc1C(=O)NCc1ccccc1CN1C[C@@H](C)O[C@@H](C)C1. The van der Waals surface area contributed by atoms with Crippen LogP contribution in [0.3, 0.4) is 0 Å². The van der Waals surface area contributed by atoms with Gasteiger partial charge in [-0.1, -0.05) is 24.3 Å². The minimum atomic E-state index is -0.129. The van der Waals surface area contributed by atoms with E-state index in [1.165, 1.54) is 11.6 Å². The molecular formula is C22H28N2O3. The lowest BCUT2D eigenvalue weighted by Crippen LogP contribution is -2.45. The van der Waals surface area contributed by atoms with E-state index in [4.69, 9.17) is 4.74 Å². The quantitative estimate of drug-likeness (QED) is 0.851. The third kappa shape index (κ3) is 5.08. The highest BCUT2D eigenvalue weighted by atomic mass is 16.5. The number of ether oxygens (including phenoxy) is 1. The van der Waals surface area contributed by atoms with Gasteiger partial charge in [0.1, 0.15) is 5.75 Å². The number of nitrogens with one attached hydrogen (secondary N) is 1. The molecule has 5 heteroatoms. The van der Waals surface area contributed by atoms with Gasteiger partial charge in [0, 0.05) is 31.7 Å². The number of phenolic OH excluding ortho intramolecular Hbond substituents is 1. The molecule has 144 valence electrons. The summed E-state index contributed by atoms with van der Waals surface area (Å²) >= 11 is 0. The molecule has 2 atom stereocenters. The van der Waals surface area contributed by atoms with Crippen molar-refractivity contribution < 1.29 is 14.6 Å². The number of morpholine rings is 1. The minimum absolute atomic E-state index is 0.129. The first-order chi connectivity index (χ1) is 12.9. The molecule has 1 saturated heterocycles. The van der Waals surface area contributed by atoms with Gasteiger partial charge in [-0.05, 0) is 55.7 Å². The second-order valence-electron chi connectivity index (χ2n) is 7.40. The molecule has 1 heterocycles. The lowest BCUT2D eigenvalue weighted by Gasteiger charge is -2.35. The van der Waals surface area contributed by atoms with E-state index < -0.39 is 0 Å². The van der Waals surface area contributed by atoms with E-state index in [-0.39, 0.29) is 23.9 Å². The molecule has 5 nitrogen and oxygen atoms in total. The predicted molar refractivity (Wildman–Crippen MR) is 106 cm³/mol. The Labute approximate surface area is 161 Å². The Morgan fingerprint density at radius 1 is 1.15 bits per heavy atom. The topological polar surface area (TPSA) is 61.8 Å². The van der Waals surface area contributed by atoms with Crippen molar-refractivity contribution in [3.8, 4) is 5.75 Å². The Morgan fingerprint density at radius 2 is 1.81 bits per heavy atom. The zero-order chi connectivity index (χ0) is 19.4. The van der Waals surface area contributed by atoms with E-state index in [9.17, 15) is 9.90 Å². The molecule has 0 unspecified atom stereocenters. The predicted octanol–water partition coefficient (Wildman–Crippen LogP) is 3.24. The number of benzene rings is 2. The molecule has 0 bridgehead atoms. The van der Waals surface area contributed by atoms with Crippen molar-refractivity contribution in [2.75, 3.05) is 13.1 Å². The number of hydrogen-bond acceptors (Lipinski definition) is 4. The van der Waals surface area contributed by atoms with Crippen molar-refractivity contribution in [2.45, 2.75) is 46.1 Å². The van der Waals surface area contributed by atoms with Crippen LogP contribution < -0.4 is 5.32 Å². The maximum absolute atomic E-state index is 12.5. The van der Waals surface area contributed by atoms with Gasteiger partial charge in [0.25, 0.3) is 5.91 Å². The van der Waals surface area contributed by atoms with Gasteiger partial charge in [0.05, 0.1) is 12.2 Å². The van der Waals surface area contributed by atoms with Crippen molar-refractivity contribution in [1.29, 1.82) is 0 Å². The summed E-state index contributed by atoms with van der Waals surface area (Å²) in [6.07, 6.45) is 0.469. The summed E-state index contributed by atoms with van der Waals surface area (Å²) in [7, 11) is 0. The van der Waals surface area contributed by atoms with Crippen LogP contribution in [0.1, 0.15) is 40.9 Å². The number of nitrogens with zero attached hydrogens (tertiary/aromatic N) is 1. The van der Waals surface area contributed by atoms with Crippen LogP contribution in [0.2, 0.25) is 0 Å². The monoisotopic (exact) mass is 368 g/mol. The number of aryl methyl sites for hydroxylation is 1. The molecule has 2 N–H and O–H groups in total. The Balaban J connectivity index is 1.66. The van der Waals surface area contributed by atoms with E-state index in [1.807, 2.05) is 19.1 Å². The van der Waals surface area contributed by atoms with Crippen LogP contribution >= 0.6 is 0 Å². The van der Waals surface area contributed by atoms with Crippen LogP contribution in [0.4, 0.5) is 0 Å². The van der Waals surface area contributed by atoms with Gasteiger partial charge in [-0.2, -0.15) is 0 Å². The molecule has 1 aliphatic heterocycles. The van der Waals surface area contributed by atoms with Crippen LogP contribution in [-0.2, 0) is 17.8 Å². The Bertz CT molecular complexity index is 796. The third-order valence-electron chi connectivity index (χ3n) is 4.90. The van der Waals surface area contributed by atoms with E-state index in [1.54, 1.807) is 12.1 Å². The molecule has 0 aromatic heterocycles. The van der Waals surface area contributed by atoms with Gasteiger partial charge in [0.2, 0.25) is 0 Å². The Morgan fingerprint density at radius 3 is 2.48 bits per heavy atom. The highest BCUT2D eigenvalue weighted by molar-refractivity contribution is 5.95. The number of aromatic hydroxyl groups is 1. The summed E-state index contributed by atoms with van der Waals surface area (Å²) in [6.45, 7) is 9.19. The molecule has 0 saturated carbocycles. The van der Waals surface area contributed by atoms with Crippen LogP contribution in [-0.4, -0.2) is 41.2 Å². The average molecular weight is 368 g/mol. The fourth-order valence-corrected chi connectivity index (χ4v) is 3.71. The first kappa shape index (κ1) is 19.4. The molecule has 1 aliphatic rings. The molecule has 0 radical (unpaired) electrons. The zero-order valence-corrected chi connectivity index (χ0v) is 16.2. The summed E-state index contributed by atoms with van der Waals surface area (Å²) < 4.78 is 5.82. The van der Waals surface area contributed by atoms with E-state index in [2.05, 4.69) is 36.2 Å². The zero-order valence-electron chi connectivity index (χ0n) is 16.2. The standard InChI is InChI=1S/C22H28N2O3/c1-15-10-20(25)8-9-21(15)22(26)23-11-18-6-4-5-7-19(18)14-24-12-16(2)27-17(3)13-24/h4-10,16-17,25H,11-14H2,1-3H3,(H,23,26)/t16-,17+. The van der Waals surface area contributed by atoms with Crippen LogP contribution in [0.15, 0.2) is 42.5 Å². The lowest BCUT2D eigenvalue weighted by atomic mass is 10.0. The molecule has 2 aromatic rings. The molecule has 27 heavy (non-hydrogen) atoms. The first-order valence-corrected chi connectivity index (χ1v) is 9.45. The van der Waals surface area contributed by atoms with Gasteiger partial charge in [-0.3, -0.25) is 9.69 Å². The number of hydrogen-bond donors (Lipinski definition) is 2. The first-order valence-electron chi connectivity index (χ1n) is 9.45. The average Bonchev–Trinajstić information content (AvgIpc) is 2.60. The molecule has 0 aliphatic carbocycles. The Kier molecular flexibility index (Phi) is 6.14. The summed E-state index contributed by atoms with van der Waals surface area (Å²) in [5, 5.41) is 12.5. The molecule has 2 aromatic carbocycles. The maximum Gasteiger partial charge on any atom is 0.251 e. The number of phenols is 1. The van der Waals surface area contributed by atoms with Crippen LogP contribution in [0.25, 0.3) is 0 Å². The van der Waals surface area contributed by atoms with E-state index in [0.29, 0.717) is 12.1 Å². The summed E-state index contributed by atoms with van der Waals surface area (Å²) in [4.78, 5) is 14.9. The molecule has 3 rings (SSSR count). The lowest BCUT2D eigenvalue weighted by molar-refractivity contribution is -0.0705. The number of rotatable bonds is 5. The van der Waals surface area contributed by atoms with E-state index in [0.717, 1.165) is 30.8 Å². The van der Waals surface area contributed by atoms with Gasteiger partial charge in [0.15, 0.2) is 0 Å². The number of carbonyl (C=O) groups excluding carboxylic acids is 1. The molecule has 0 spiro atoms. The second kappa shape index (κ2) is 8.55. The van der Waals surface area contributed by atoms with Crippen molar-refractivity contribution in [3.63, 3.8) is 0 Å². The van der Waals surface area contributed by atoms with Crippen molar-refractivity contribution in [1.82, 2.24) is 10.2 Å². The van der Waals surface area contributed by atoms with Gasteiger partial charge < -0.3 is 15.2 Å². The van der Waals surface area contributed by atoms with Crippen LogP contribution in [0.5, 0.6) is 5.75 Å². The van der Waals surface area contributed by atoms with Crippen molar-refractivity contribution >= 4 is 5.91 Å². The highest BCUT2D eigenvalue weighted by Crippen LogP contribution is 2.18. The fraction of sp³-hybridized carbons (Fsp3) is 0.409. The Hall–Kier alpha value is -2.37. The van der Waals surface area contributed by atoms with Crippen LogP contribution in [0, 0.1) is 6.92 Å². The highest BCUT2D eigenvalue weighted by Gasteiger charge is 2.22. The number of carbonyl (C=O) groups is 1. The van der Waals surface area contributed by atoms with Crippen molar-refractivity contribution in [2.24, 2.45) is 0 Å². The largest absolute Gasteiger partial charge is 0.508 e. The summed E-state index contributed by atoms with van der Waals surface area (Å²) in [6, 6.07) is 13.0. The molecule has 1 amide bonds. The summed E-state index contributed by atoms with van der Waals surface area (Å²) in [5.74, 6) is 0.0410. The number of amides is 1. The third-order valence-corrected chi connectivity index (χ3v) is 4.90. The fourth-order valence-electron chi connectivity index (χ4n) is 3.71. The van der Waals surface area contributed by atoms with Gasteiger partial charge in [-0.15, -0.1) is 0 Å². The van der Waals surface area contributed by atoms with Crippen molar-refractivity contribution in [3.05, 3.63) is 64.7 Å². The van der Waals surface area contributed by atoms with Gasteiger partial charge >= 0.3 is 0 Å². The van der Waals surface area contributed by atoms with Gasteiger partial charge in [-0.25, -0.2) is 0 Å². The maximum atomic E-state index is 12.5. The smallest absolute Gasteiger partial charge is 0.251 e. The van der Waals surface area contributed by atoms with E-state index >= 15 is 0 Å². The normalized spacial score (nSPS) is 20.4. The molecule has 1 fully saturated rings. The molecular weight excluding hydrogens is 340 g/mol.